The van der Waals surface area contributed by atoms with Gasteiger partial charge in [0.1, 0.15) is 11.4 Å². The lowest BCUT2D eigenvalue weighted by molar-refractivity contribution is 0.0865. The summed E-state index contributed by atoms with van der Waals surface area (Å²) in [5.74, 6) is 1.74. The number of carbonyl (C=O) groups excluding carboxylic acids is 1. The van der Waals surface area contributed by atoms with Crippen molar-refractivity contribution in [3.8, 4) is 11.1 Å². The number of guanidine groups is 1. The highest BCUT2D eigenvalue weighted by molar-refractivity contribution is 6.21. The van der Waals surface area contributed by atoms with Crippen molar-refractivity contribution >= 4 is 29.1 Å². The van der Waals surface area contributed by atoms with Gasteiger partial charge in [0, 0.05) is 25.5 Å². The molecule has 6 nitrogen and oxygen atoms in total. The first kappa shape index (κ1) is 22.8. The van der Waals surface area contributed by atoms with Gasteiger partial charge in [-0.05, 0) is 55.0 Å². The van der Waals surface area contributed by atoms with Crippen molar-refractivity contribution in [2.75, 3.05) is 17.3 Å². The summed E-state index contributed by atoms with van der Waals surface area (Å²) in [6.45, 7) is 2.78. The molecule has 2 atom stereocenters. The monoisotopic (exact) mass is 501 g/mol. The minimum absolute atomic E-state index is 0.0122. The Morgan fingerprint density at radius 3 is 2.37 bits per heavy atom. The van der Waals surface area contributed by atoms with Gasteiger partial charge in [-0.3, -0.25) is 14.6 Å². The molecule has 4 aromatic rings. The van der Waals surface area contributed by atoms with Gasteiger partial charge in [0.15, 0.2) is 0 Å². The van der Waals surface area contributed by atoms with Crippen LogP contribution in [0.5, 0.6) is 0 Å². The summed E-state index contributed by atoms with van der Waals surface area (Å²) >= 11 is 0. The zero-order chi connectivity index (χ0) is 25.8. The van der Waals surface area contributed by atoms with Gasteiger partial charge in [-0.15, -0.1) is 0 Å². The molecular formula is C32H31N5O. The van der Waals surface area contributed by atoms with Crippen molar-refractivity contribution in [1.82, 2.24) is 9.47 Å². The first-order valence-electron chi connectivity index (χ1n) is 13.4. The Kier molecular flexibility index (Phi) is 5.36. The van der Waals surface area contributed by atoms with E-state index in [1.807, 2.05) is 37.4 Å². The highest BCUT2D eigenvalue weighted by atomic mass is 16.2. The van der Waals surface area contributed by atoms with Crippen LogP contribution in [0.4, 0.5) is 17.2 Å². The summed E-state index contributed by atoms with van der Waals surface area (Å²) < 4.78 is 2.24. The van der Waals surface area contributed by atoms with E-state index in [-0.39, 0.29) is 11.9 Å². The molecule has 0 unspecified atom stereocenters. The number of nitrogens with zero attached hydrogens (tertiary/aromatic N) is 4. The molecule has 1 saturated carbocycles. The Bertz CT molecular complexity index is 1540. The van der Waals surface area contributed by atoms with E-state index in [0.29, 0.717) is 12.6 Å². The summed E-state index contributed by atoms with van der Waals surface area (Å²) in [7, 11) is 1.85. The van der Waals surface area contributed by atoms with Gasteiger partial charge in [-0.2, -0.15) is 0 Å². The molecule has 1 N–H and O–H groups in total. The summed E-state index contributed by atoms with van der Waals surface area (Å²) in [6.07, 6.45) is 5.45. The quantitative estimate of drug-likeness (QED) is 0.342. The van der Waals surface area contributed by atoms with E-state index in [4.69, 9.17) is 4.99 Å². The maximum absolute atomic E-state index is 13.7. The Hall–Kier alpha value is -4.32. The number of aromatic nitrogens is 1. The highest BCUT2D eigenvalue weighted by Gasteiger charge is 2.49. The summed E-state index contributed by atoms with van der Waals surface area (Å²) in [5, 5.41) is 3.53. The lowest BCUT2D eigenvalue weighted by Gasteiger charge is -2.36. The molecule has 0 saturated heterocycles. The van der Waals surface area contributed by atoms with E-state index in [2.05, 4.69) is 76.4 Å². The number of para-hydroxylation sites is 1. The van der Waals surface area contributed by atoms with Crippen LogP contribution in [0.1, 0.15) is 40.7 Å². The van der Waals surface area contributed by atoms with E-state index in [1.54, 1.807) is 4.90 Å². The fourth-order valence-corrected chi connectivity index (χ4v) is 6.14. The molecule has 1 aliphatic carbocycles. The standard InChI is InChI=1S/C32H31N5O/c1-21-11-15-23(16-12-21)24-17-13-22(14-18-24)19-36-20-27(33-25-7-4-3-5-8-25)29-30(36)37-28-10-6-9-26(28)34-32(37)35(2)31(29)38/h3-5,7-8,11-18,20,26,28,33H,6,9-10,19H2,1-2H3/t26-,28+/m1/s1. The van der Waals surface area contributed by atoms with Gasteiger partial charge < -0.3 is 9.88 Å². The molecule has 0 radical (unpaired) electrons. The van der Waals surface area contributed by atoms with Gasteiger partial charge in [0.05, 0.1) is 17.8 Å². The summed E-state index contributed by atoms with van der Waals surface area (Å²) in [5.41, 5.74) is 7.39. The molecule has 3 aromatic carbocycles. The number of aryl methyl sites for hydroxylation is 1. The van der Waals surface area contributed by atoms with Crippen LogP contribution in [-0.4, -0.2) is 40.5 Å². The number of hydrogen-bond donors (Lipinski definition) is 1. The van der Waals surface area contributed by atoms with Gasteiger partial charge in [-0.25, -0.2) is 4.99 Å². The Balaban J connectivity index is 1.29. The molecule has 38 heavy (non-hydrogen) atoms. The number of fused-ring (bicyclic) bond motifs is 5. The molecule has 1 aromatic heterocycles. The number of hydrogen-bond acceptors (Lipinski definition) is 4. The number of amides is 1. The van der Waals surface area contributed by atoms with Gasteiger partial charge >= 0.3 is 0 Å². The van der Waals surface area contributed by atoms with Crippen molar-refractivity contribution in [3.63, 3.8) is 0 Å². The number of nitrogens with one attached hydrogen (secondary N) is 1. The van der Waals surface area contributed by atoms with Crippen molar-refractivity contribution in [2.45, 2.75) is 44.8 Å². The largest absolute Gasteiger partial charge is 0.354 e. The minimum Gasteiger partial charge on any atom is -0.354 e. The predicted molar refractivity (Wildman–Crippen MR) is 153 cm³/mol. The van der Waals surface area contributed by atoms with Crippen LogP contribution in [-0.2, 0) is 6.54 Å². The highest BCUT2D eigenvalue weighted by Crippen LogP contribution is 2.44. The number of benzene rings is 3. The van der Waals surface area contributed by atoms with Gasteiger partial charge in [0.2, 0.25) is 5.96 Å². The summed E-state index contributed by atoms with van der Waals surface area (Å²) in [4.78, 5) is 22.8. The maximum atomic E-state index is 13.7. The second kappa shape index (κ2) is 8.91. The fourth-order valence-electron chi connectivity index (χ4n) is 6.14. The third-order valence-corrected chi connectivity index (χ3v) is 8.11. The third kappa shape index (κ3) is 3.71. The number of anilines is 3. The molecule has 6 heteroatoms. The average molecular weight is 502 g/mol. The predicted octanol–water partition coefficient (Wildman–Crippen LogP) is 6.44. The first-order chi connectivity index (χ1) is 18.6. The topological polar surface area (TPSA) is 52.9 Å². The molecular weight excluding hydrogens is 470 g/mol. The Morgan fingerprint density at radius 1 is 0.921 bits per heavy atom. The molecule has 3 aliphatic rings. The zero-order valence-corrected chi connectivity index (χ0v) is 21.8. The van der Waals surface area contributed by atoms with E-state index in [9.17, 15) is 4.79 Å². The Morgan fingerprint density at radius 2 is 1.63 bits per heavy atom. The summed E-state index contributed by atoms with van der Waals surface area (Å²) in [6, 6.07) is 28.0. The number of aliphatic imine (C=N–C) groups is 1. The van der Waals surface area contributed by atoms with Crippen LogP contribution in [0, 0.1) is 6.92 Å². The van der Waals surface area contributed by atoms with E-state index in [1.165, 1.54) is 28.7 Å². The lowest BCUT2D eigenvalue weighted by Crippen LogP contribution is -2.51. The minimum atomic E-state index is -0.0122. The SMILES string of the molecule is Cc1ccc(-c2ccc(Cn3cc(Nc4ccccc4)c4c3N3C(=N[C@@H]5CCC[C@@H]53)N(C)C4=O)cc2)cc1. The number of carbonyl (C=O) groups is 1. The van der Waals surface area contributed by atoms with Crippen molar-refractivity contribution in [2.24, 2.45) is 4.99 Å². The average Bonchev–Trinajstić information content (AvgIpc) is 3.63. The van der Waals surface area contributed by atoms with Crippen LogP contribution in [0.3, 0.4) is 0 Å². The smallest absolute Gasteiger partial charge is 0.266 e. The molecule has 3 heterocycles. The maximum Gasteiger partial charge on any atom is 0.266 e. The lowest BCUT2D eigenvalue weighted by atomic mass is 10.0. The van der Waals surface area contributed by atoms with Crippen LogP contribution >= 0.6 is 0 Å². The normalized spacial score (nSPS) is 19.7. The van der Waals surface area contributed by atoms with Crippen LogP contribution in [0.25, 0.3) is 11.1 Å². The van der Waals surface area contributed by atoms with E-state index in [0.717, 1.165) is 41.6 Å². The van der Waals surface area contributed by atoms with E-state index < -0.39 is 0 Å². The molecule has 1 amide bonds. The molecule has 0 spiro atoms. The van der Waals surface area contributed by atoms with Crippen LogP contribution in [0.2, 0.25) is 0 Å². The number of rotatable bonds is 5. The second-order valence-corrected chi connectivity index (χ2v) is 10.7. The van der Waals surface area contributed by atoms with Crippen LogP contribution in [0.15, 0.2) is 90.1 Å². The zero-order valence-electron chi connectivity index (χ0n) is 21.8. The Labute approximate surface area is 223 Å². The van der Waals surface area contributed by atoms with Crippen molar-refractivity contribution in [1.29, 1.82) is 0 Å². The van der Waals surface area contributed by atoms with Crippen LogP contribution < -0.4 is 10.2 Å². The van der Waals surface area contributed by atoms with Crippen molar-refractivity contribution < 1.29 is 4.79 Å². The second-order valence-electron chi connectivity index (χ2n) is 10.7. The third-order valence-electron chi connectivity index (χ3n) is 8.11. The van der Waals surface area contributed by atoms with Gasteiger partial charge in [0.25, 0.3) is 5.91 Å². The molecule has 190 valence electrons. The molecule has 0 bridgehead atoms. The molecule has 1 fully saturated rings. The van der Waals surface area contributed by atoms with E-state index >= 15 is 0 Å². The molecule has 2 aliphatic heterocycles. The molecule has 7 rings (SSSR count). The first-order valence-corrected chi connectivity index (χ1v) is 13.4. The van der Waals surface area contributed by atoms with Crippen molar-refractivity contribution in [3.05, 3.63) is 102 Å². The fraction of sp³-hybridized carbons (Fsp3) is 0.250. The van der Waals surface area contributed by atoms with Gasteiger partial charge in [-0.1, -0.05) is 72.3 Å².